The number of hydrazone groups is 1. The van der Waals surface area contributed by atoms with Crippen LogP contribution in [0.25, 0.3) is 0 Å². The molecule has 4 heteroatoms. The van der Waals surface area contributed by atoms with Crippen molar-refractivity contribution < 1.29 is 9.90 Å². The van der Waals surface area contributed by atoms with Gasteiger partial charge in [0.25, 0.3) is 5.91 Å². The van der Waals surface area contributed by atoms with Crippen molar-refractivity contribution in [3.05, 3.63) is 35.4 Å². The lowest BCUT2D eigenvalue weighted by Crippen LogP contribution is -2.39. The second kappa shape index (κ2) is 5.10. The van der Waals surface area contributed by atoms with Crippen molar-refractivity contribution in [2.24, 2.45) is 5.10 Å². The van der Waals surface area contributed by atoms with Crippen LogP contribution in [0.1, 0.15) is 31.9 Å². The fourth-order valence-corrected chi connectivity index (χ4v) is 1.31. The number of benzene rings is 1. The van der Waals surface area contributed by atoms with E-state index in [-0.39, 0.29) is 0 Å². The third kappa shape index (κ3) is 3.67. The maximum absolute atomic E-state index is 11.4. The van der Waals surface area contributed by atoms with E-state index in [1.807, 2.05) is 38.1 Å². The Morgan fingerprint density at radius 3 is 2.47 bits per heavy atom. The molecular formula is C13H18N2O2. The molecule has 0 radical (unpaired) electrons. The monoisotopic (exact) mass is 234 g/mol. The van der Waals surface area contributed by atoms with Crippen molar-refractivity contribution in [1.82, 2.24) is 5.43 Å². The van der Waals surface area contributed by atoms with Crippen molar-refractivity contribution in [2.75, 3.05) is 0 Å². The van der Waals surface area contributed by atoms with Crippen LogP contribution in [0.3, 0.4) is 0 Å². The van der Waals surface area contributed by atoms with Crippen molar-refractivity contribution in [3.63, 3.8) is 0 Å². The standard InChI is InChI=1S/C13H18N2O2/c1-9-7-5-6-8-11(9)10(2)14-15-12(16)13(3,4)17/h5-8,17H,1-4H3,(H,15,16). The van der Waals surface area contributed by atoms with Gasteiger partial charge in [0, 0.05) is 5.56 Å². The first-order valence-electron chi connectivity index (χ1n) is 5.45. The Morgan fingerprint density at radius 1 is 1.35 bits per heavy atom. The smallest absolute Gasteiger partial charge is 0.271 e. The number of amides is 1. The SMILES string of the molecule is CC(=NNC(=O)C(C)(C)O)c1ccccc1C. The molecule has 2 N–H and O–H groups in total. The third-order valence-corrected chi connectivity index (χ3v) is 2.42. The first-order chi connectivity index (χ1) is 7.82. The summed E-state index contributed by atoms with van der Waals surface area (Å²) in [6, 6.07) is 7.78. The van der Waals surface area contributed by atoms with Crippen LogP contribution in [0, 0.1) is 6.92 Å². The molecule has 0 spiro atoms. The lowest BCUT2D eigenvalue weighted by Gasteiger charge is -2.14. The highest BCUT2D eigenvalue weighted by atomic mass is 16.3. The molecule has 92 valence electrons. The molecule has 1 rings (SSSR count). The molecule has 0 saturated carbocycles. The Balaban J connectivity index is 2.82. The summed E-state index contributed by atoms with van der Waals surface area (Å²) in [5, 5.41) is 13.4. The Morgan fingerprint density at radius 2 is 1.94 bits per heavy atom. The summed E-state index contributed by atoms with van der Waals surface area (Å²) in [4.78, 5) is 11.4. The lowest BCUT2D eigenvalue weighted by atomic mass is 10.1. The van der Waals surface area contributed by atoms with E-state index in [2.05, 4.69) is 10.5 Å². The zero-order valence-electron chi connectivity index (χ0n) is 10.6. The average Bonchev–Trinajstić information content (AvgIpc) is 2.24. The maximum atomic E-state index is 11.4. The second-order valence-corrected chi connectivity index (χ2v) is 4.51. The average molecular weight is 234 g/mol. The number of hydrogen-bond acceptors (Lipinski definition) is 3. The first kappa shape index (κ1) is 13.4. The molecule has 0 unspecified atom stereocenters. The Bertz CT molecular complexity index is 445. The number of nitrogens with zero attached hydrogens (tertiary/aromatic N) is 1. The van der Waals surface area contributed by atoms with E-state index in [0.717, 1.165) is 11.1 Å². The molecule has 1 aromatic rings. The van der Waals surface area contributed by atoms with Gasteiger partial charge in [-0.3, -0.25) is 4.79 Å². The largest absolute Gasteiger partial charge is 0.381 e. The Hall–Kier alpha value is -1.68. The fraction of sp³-hybridized carbons (Fsp3) is 0.385. The summed E-state index contributed by atoms with van der Waals surface area (Å²) in [7, 11) is 0. The van der Waals surface area contributed by atoms with E-state index in [4.69, 9.17) is 0 Å². The van der Waals surface area contributed by atoms with Crippen molar-refractivity contribution in [3.8, 4) is 0 Å². The Labute approximate surface area is 101 Å². The van der Waals surface area contributed by atoms with Crippen LogP contribution in [0.4, 0.5) is 0 Å². The molecule has 1 aromatic carbocycles. The normalized spacial score (nSPS) is 12.4. The molecule has 0 aliphatic rings. The number of carbonyl (C=O) groups excluding carboxylic acids is 1. The van der Waals surface area contributed by atoms with Gasteiger partial charge < -0.3 is 5.11 Å². The van der Waals surface area contributed by atoms with Crippen LogP contribution >= 0.6 is 0 Å². The van der Waals surface area contributed by atoms with Gasteiger partial charge in [0.05, 0.1) is 5.71 Å². The van der Waals surface area contributed by atoms with Crippen molar-refractivity contribution in [2.45, 2.75) is 33.3 Å². The van der Waals surface area contributed by atoms with E-state index < -0.39 is 11.5 Å². The van der Waals surface area contributed by atoms with Gasteiger partial charge in [-0.05, 0) is 33.3 Å². The number of carbonyl (C=O) groups is 1. The van der Waals surface area contributed by atoms with Crippen LogP contribution < -0.4 is 5.43 Å². The Kier molecular flexibility index (Phi) is 4.02. The molecule has 0 bridgehead atoms. The van der Waals surface area contributed by atoms with Crippen LogP contribution in [0.2, 0.25) is 0 Å². The number of rotatable bonds is 3. The van der Waals surface area contributed by atoms with Gasteiger partial charge in [-0.15, -0.1) is 0 Å². The van der Waals surface area contributed by atoms with E-state index in [1.165, 1.54) is 13.8 Å². The van der Waals surface area contributed by atoms with Crippen LogP contribution in [-0.2, 0) is 4.79 Å². The zero-order chi connectivity index (χ0) is 13.1. The summed E-state index contributed by atoms with van der Waals surface area (Å²) in [5.74, 6) is -0.523. The van der Waals surface area contributed by atoms with Gasteiger partial charge in [0.15, 0.2) is 0 Å². The summed E-state index contributed by atoms with van der Waals surface area (Å²) in [6.45, 7) is 6.63. The zero-order valence-corrected chi connectivity index (χ0v) is 10.6. The van der Waals surface area contributed by atoms with E-state index in [9.17, 15) is 9.90 Å². The number of nitrogens with one attached hydrogen (secondary N) is 1. The van der Waals surface area contributed by atoms with Crippen molar-refractivity contribution in [1.29, 1.82) is 0 Å². The summed E-state index contributed by atoms with van der Waals surface area (Å²) < 4.78 is 0. The van der Waals surface area contributed by atoms with Crippen LogP contribution in [0.15, 0.2) is 29.4 Å². The first-order valence-corrected chi connectivity index (χ1v) is 5.45. The fourth-order valence-electron chi connectivity index (χ4n) is 1.31. The topological polar surface area (TPSA) is 61.7 Å². The highest BCUT2D eigenvalue weighted by Gasteiger charge is 2.23. The highest BCUT2D eigenvalue weighted by molar-refractivity contribution is 6.00. The number of aryl methyl sites for hydroxylation is 1. The predicted octanol–water partition coefficient (Wildman–Crippen LogP) is 1.61. The highest BCUT2D eigenvalue weighted by Crippen LogP contribution is 2.08. The molecule has 0 atom stereocenters. The van der Waals surface area contributed by atoms with Gasteiger partial charge in [0.1, 0.15) is 5.60 Å². The second-order valence-electron chi connectivity index (χ2n) is 4.51. The molecule has 0 aromatic heterocycles. The quantitative estimate of drug-likeness (QED) is 0.616. The number of hydrogen-bond donors (Lipinski definition) is 2. The molecule has 0 aliphatic carbocycles. The third-order valence-electron chi connectivity index (χ3n) is 2.42. The van der Waals surface area contributed by atoms with Crippen LogP contribution in [0.5, 0.6) is 0 Å². The molecule has 17 heavy (non-hydrogen) atoms. The molecule has 0 aliphatic heterocycles. The van der Waals surface area contributed by atoms with Gasteiger partial charge >= 0.3 is 0 Å². The molecule has 1 amide bonds. The van der Waals surface area contributed by atoms with Gasteiger partial charge in [-0.25, -0.2) is 5.43 Å². The van der Waals surface area contributed by atoms with Gasteiger partial charge in [-0.2, -0.15) is 5.10 Å². The van der Waals surface area contributed by atoms with Crippen molar-refractivity contribution >= 4 is 11.6 Å². The van der Waals surface area contributed by atoms with Crippen LogP contribution in [-0.4, -0.2) is 22.3 Å². The minimum Gasteiger partial charge on any atom is -0.381 e. The molecular weight excluding hydrogens is 216 g/mol. The molecule has 0 fully saturated rings. The van der Waals surface area contributed by atoms with Gasteiger partial charge in [-0.1, -0.05) is 24.3 Å². The lowest BCUT2D eigenvalue weighted by molar-refractivity contribution is -0.136. The van der Waals surface area contributed by atoms with E-state index in [0.29, 0.717) is 5.71 Å². The molecule has 4 nitrogen and oxygen atoms in total. The predicted molar refractivity (Wildman–Crippen MR) is 67.8 cm³/mol. The molecule has 0 saturated heterocycles. The number of aliphatic hydroxyl groups is 1. The minimum absolute atomic E-state index is 0.523. The molecule has 0 heterocycles. The summed E-state index contributed by atoms with van der Waals surface area (Å²) in [5.41, 5.74) is 3.70. The summed E-state index contributed by atoms with van der Waals surface area (Å²) >= 11 is 0. The van der Waals surface area contributed by atoms with E-state index >= 15 is 0 Å². The minimum atomic E-state index is -1.42. The van der Waals surface area contributed by atoms with Gasteiger partial charge in [0.2, 0.25) is 0 Å². The maximum Gasteiger partial charge on any atom is 0.271 e. The van der Waals surface area contributed by atoms with E-state index in [1.54, 1.807) is 0 Å². The summed E-state index contributed by atoms with van der Waals surface area (Å²) in [6.07, 6.45) is 0.